The average molecular weight is 170 g/mol. The van der Waals surface area contributed by atoms with Gasteiger partial charge >= 0.3 is 0 Å². The molecule has 0 aliphatic carbocycles. The van der Waals surface area contributed by atoms with E-state index in [9.17, 15) is 0 Å². The van der Waals surface area contributed by atoms with Gasteiger partial charge < -0.3 is 5.11 Å². The number of hydrogen-bond donors (Lipinski definition) is 1. The SMILES string of the molecule is CCCc1ccc(CCO)s1. The second-order valence-electron chi connectivity index (χ2n) is 2.59. The quantitative estimate of drug-likeness (QED) is 0.734. The zero-order valence-electron chi connectivity index (χ0n) is 6.84. The molecule has 0 fully saturated rings. The van der Waals surface area contributed by atoms with Crippen LogP contribution in [0.2, 0.25) is 0 Å². The summed E-state index contributed by atoms with van der Waals surface area (Å²) < 4.78 is 0. The first-order valence-electron chi connectivity index (χ1n) is 4.05. The minimum atomic E-state index is 0.270. The third-order valence-electron chi connectivity index (χ3n) is 1.57. The first-order valence-corrected chi connectivity index (χ1v) is 4.87. The van der Waals surface area contributed by atoms with Gasteiger partial charge in [0, 0.05) is 22.8 Å². The molecule has 1 N–H and O–H groups in total. The second-order valence-corrected chi connectivity index (χ2v) is 3.84. The van der Waals surface area contributed by atoms with Crippen LogP contribution in [0.5, 0.6) is 0 Å². The summed E-state index contributed by atoms with van der Waals surface area (Å²) in [7, 11) is 0. The van der Waals surface area contributed by atoms with Gasteiger partial charge in [-0.15, -0.1) is 11.3 Å². The van der Waals surface area contributed by atoms with E-state index in [1.54, 1.807) is 0 Å². The molecule has 1 aromatic heterocycles. The van der Waals surface area contributed by atoms with Crippen LogP contribution in [-0.2, 0) is 12.8 Å². The van der Waals surface area contributed by atoms with E-state index in [-0.39, 0.29) is 6.61 Å². The van der Waals surface area contributed by atoms with Gasteiger partial charge in [-0.2, -0.15) is 0 Å². The molecule has 1 rings (SSSR count). The third-order valence-corrected chi connectivity index (χ3v) is 2.78. The fraction of sp³-hybridized carbons (Fsp3) is 0.556. The zero-order valence-corrected chi connectivity index (χ0v) is 7.66. The van der Waals surface area contributed by atoms with E-state index < -0.39 is 0 Å². The Morgan fingerprint density at radius 3 is 2.45 bits per heavy atom. The number of aliphatic hydroxyl groups excluding tert-OH is 1. The lowest BCUT2D eigenvalue weighted by atomic mass is 10.3. The molecule has 0 saturated carbocycles. The molecule has 0 atom stereocenters. The molecule has 1 heterocycles. The molecule has 0 unspecified atom stereocenters. The van der Waals surface area contributed by atoms with Crippen molar-refractivity contribution in [2.75, 3.05) is 6.61 Å². The van der Waals surface area contributed by atoms with Crippen LogP contribution in [0, 0.1) is 0 Å². The Morgan fingerprint density at radius 2 is 1.91 bits per heavy atom. The van der Waals surface area contributed by atoms with Crippen LogP contribution in [-0.4, -0.2) is 11.7 Å². The molecule has 1 aromatic rings. The number of thiophene rings is 1. The van der Waals surface area contributed by atoms with Gasteiger partial charge in [-0.3, -0.25) is 0 Å². The fourth-order valence-electron chi connectivity index (χ4n) is 1.05. The lowest BCUT2D eigenvalue weighted by Gasteiger charge is -1.90. The Labute approximate surface area is 71.7 Å². The Morgan fingerprint density at radius 1 is 1.27 bits per heavy atom. The van der Waals surface area contributed by atoms with Gasteiger partial charge in [0.2, 0.25) is 0 Å². The minimum Gasteiger partial charge on any atom is -0.396 e. The lowest BCUT2D eigenvalue weighted by Crippen LogP contribution is -1.84. The highest BCUT2D eigenvalue weighted by atomic mass is 32.1. The predicted molar refractivity (Wildman–Crippen MR) is 49.1 cm³/mol. The molecule has 0 spiro atoms. The summed E-state index contributed by atoms with van der Waals surface area (Å²) in [4.78, 5) is 2.74. The highest BCUT2D eigenvalue weighted by Gasteiger charge is 1.97. The van der Waals surface area contributed by atoms with Crippen LogP contribution < -0.4 is 0 Å². The highest BCUT2D eigenvalue weighted by Crippen LogP contribution is 2.17. The van der Waals surface area contributed by atoms with Crippen molar-refractivity contribution in [3.63, 3.8) is 0 Å². The van der Waals surface area contributed by atoms with E-state index in [0.717, 1.165) is 6.42 Å². The van der Waals surface area contributed by atoms with E-state index >= 15 is 0 Å². The second kappa shape index (κ2) is 4.52. The summed E-state index contributed by atoms with van der Waals surface area (Å²) in [6.45, 7) is 2.46. The summed E-state index contributed by atoms with van der Waals surface area (Å²) in [5.74, 6) is 0. The van der Waals surface area contributed by atoms with E-state index in [2.05, 4.69) is 19.1 Å². The van der Waals surface area contributed by atoms with Crippen molar-refractivity contribution >= 4 is 11.3 Å². The van der Waals surface area contributed by atoms with Crippen LogP contribution in [0.3, 0.4) is 0 Å². The number of aryl methyl sites for hydroxylation is 1. The van der Waals surface area contributed by atoms with Crippen molar-refractivity contribution in [3.05, 3.63) is 21.9 Å². The predicted octanol–water partition coefficient (Wildman–Crippen LogP) is 2.24. The first kappa shape index (κ1) is 8.75. The smallest absolute Gasteiger partial charge is 0.0479 e. The Kier molecular flexibility index (Phi) is 3.60. The molecule has 0 amide bonds. The molecule has 0 radical (unpaired) electrons. The standard InChI is InChI=1S/C9H14OS/c1-2-3-8-4-5-9(11-8)6-7-10/h4-5,10H,2-3,6-7H2,1H3. The van der Waals surface area contributed by atoms with E-state index in [0.29, 0.717) is 0 Å². The number of rotatable bonds is 4. The monoisotopic (exact) mass is 170 g/mol. The van der Waals surface area contributed by atoms with Gasteiger partial charge in [0.05, 0.1) is 0 Å². The van der Waals surface area contributed by atoms with Crippen molar-refractivity contribution in [3.8, 4) is 0 Å². The molecular weight excluding hydrogens is 156 g/mol. The van der Waals surface area contributed by atoms with Gasteiger partial charge in [0.15, 0.2) is 0 Å². The van der Waals surface area contributed by atoms with Gasteiger partial charge in [-0.25, -0.2) is 0 Å². The molecular formula is C9H14OS. The normalized spacial score (nSPS) is 10.4. The number of hydrogen-bond acceptors (Lipinski definition) is 2. The largest absolute Gasteiger partial charge is 0.396 e. The van der Waals surface area contributed by atoms with Crippen molar-refractivity contribution in [2.24, 2.45) is 0 Å². The van der Waals surface area contributed by atoms with Gasteiger partial charge in [-0.1, -0.05) is 13.3 Å². The molecule has 0 saturated heterocycles. The molecule has 0 aliphatic rings. The van der Waals surface area contributed by atoms with E-state index in [1.807, 2.05) is 11.3 Å². The van der Waals surface area contributed by atoms with Crippen molar-refractivity contribution in [2.45, 2.75) is 26.2 Å². The molecule has 11 heavy (non-hydrogen) atoms. The van der Waals surface area contributed by atoms with Crippen LogP contribution in [0.4, 0.5) is 0 Å². The average Bonchev–Trinajstić information content (AvgIpc) is 2.38. The maximum atomic E-state index is 8.67. The van der Waals surface area contributed by atoms with Gasteiger partial charge in [-0.05, 0) is 18.6 Å². The Hall–Kier alpha value is -0.340. The van der Waals surface area contributed by atoms with E-state index in [4.69, 9.17) is 5.11 Å². The van der Waals surface area contributed by atoms with Gasteiger partial charge in [0.25, 0.3) is 0 Å². The maximum Gasteiger partial charge on any atom is 0.0479 e. The van der Waals surface area contributed by atoms with Crippen molar-refractivity contribution in [1.29, 1.82) is 0 Å². The lowest BCUT2D eigenvalue weighted by molar-refractivity contribution is 0.300. The molecule has 0 aromatic carbocycles. The van der Waals surface area contributed by atoms with Crippen molar-refractivity contribution in [1.82, 2.24) is 0 Å². The molecule has 2 heteroatoms. The summed E-state index contributed by atoms with van der Waals surface area (Å²) >= 11 is 1.82. The highest BCUT2D eigenvalue weighted by molar-refractivity contribution is 7.11. The summed E-state index contributed by atoms with van der Waals surface area (Å²) in [5.41, 5.74) is 0. The minimum absolute atomic E-state index is 0.270. The Balaban J connectivity index is 2.51. The molecule has 0 aliphatic heterocycles. The third kappa shape index (κ3) is 2.64. The van der Waals surface area contributed by atoms with E-state index in [1.165, 1.54) is 22.6 Å². The Bertz CT molecular complexity index is 185. The summed E-state index contributed by atoms with van der Waals surface area (Å²) in [6, 6.07) is 4.28. The van der Waals surface area contributed by atoms with Gasteiger partial charge in [0.1, 0.15) is 0 Å². The maximum absolute atomic E-state index is 8.67. The summed E-state index contributed by atoms with van der Waals surface area (Å²) in [5, 5.41) is 8.67. The van der Waals surface area contributed by atoms with Crippen LogP contribution in [0.25, 0.3) is 0 Å². The zero-order chi connectivity index (χ0) is 8.10. The van der Waals surface area contributed by atoms with Crippen LogP contribution in [0.1, 0.15) is 23.1 Å². The molecule has 1 nitrogen and oxygen atoms in total. The number of aliphatic hydroxyl groups is 1. The molecule has 0 bridgehead atoms. The fourth-order valence-corrected chi connectivity index (χ4v) is 2.16. The van der Waals surface area contributed by atoms with Crippen LogP contribution >= 0.6 is 11.3 Å². The van der Waals surface area contributed by atoms with Crippen LogP contribution in [0.15, 0.2) is 12.1 Å². The first-order chi connectivity index (χ1) is 5.36. The van der Waals surface area contributed by atoms with Crippen molar-refractivity contribution < 1.29 is 5.11 Å². The summed E-state index contributed by atoms with van der Waals surface area (Å²) in [6.07, 6.45) is 3.20. The topological polar surface area (TPSA) is 20.2 Å². The molecule has 62 valence electrons.